The van der Waals surface area contributed by atoms with Gasteiger partial charge < -0.3 is 5.32 Å². The van der Waals surface area contributed by atoms with Gasteiger partial charge in [0.2, 0.25) is 5.91 Å². The van der Waals surface area contributed by atoms with Crippen molar-refractivity contribution in [1.29, 1.82) is 0 Å². The second-order valence-corrected chi connectivity index (χ2v) is 8.09. The highest BCUT2D eigenvalue weighted by atomic mass is 32.2. The molecule has 1 heterocycles. The van der Waals surface area contributed by atoms with E-state index in [1.807, 2.05) is 25.1 Å². The lowest BCUT2D eigenvalue weighted by Crippen LogP contribution is -2.35. The fourth-order valence-electron chi connectivity index (χ4n) is 3.29. The maximum Gasteiger partial charge on any atom is 0.261 e. The predicted molar refractivity (Wildman–Crippen MR) is 102 cm³/mol. The van der Waals surface area contributed by atoms with Crippen LogP contribution in [0.25, 0.3) is 10.9 Å². The van der Waals surface area contributed by atoms with Crippen molar-refractivity contribution in [1.82, 2.24) is 14.9 Å². The lowest BCUT2D eigenvalue weighted by atomic mass is 9.89. The quantitative estimate of drug-likeness (QED) is 0.658. The zero-order valence-electron chi connectivity index (χ0n) is 14.8. The summed E-state index contributed by atoms with van der Waals surface area (Å²) >= 11 is 1.33. The average Bonchev–Trinajstić information content (AvgIpc) is 2.64. The molecule has 0 radical (unpaired) electrons. The van der Waals surface area contributed by atoms with Crippen LogP contribution in [0.4, 0.5) is 0 Å². The number of carbonyl (C=O) groups is 1. The normalized spacial score (nSPS) is 16.7. The van der Waals surface area contributed by atoms with E-state index in [1.54, 1.807) is 13.1 Å². The van der Waals surface area contributed by atoms with Crippen molar-refractivity contribution in [2.45, 2.75) is 49.4 Å². The Labute approximate surface area is 152 Å². The zero-order chi connectivity index (χ0) is 17.8. The molecule has 0 spiro atoms. The van der Waals surface area contributed by atoms with Gasteiger partial charge in [-0.3, -0.25) is 14.2 Å². The standard InChI is InChI=1S/C19H25N3O2S/c1-13(17(23)20-12-14-8-4-3-5-9-14)25-19-21-16-11-7-6-10-15(16)18(24)22(19)2/h6-7,10-11,13-14H,3-5,8-9,12H2,1-2H3,(H,20,23)/t13-/m1/s1. The maximum atomic E-state index is 12.4. The number of fused-ring (bicyclic) bond motifs is 1. The monoisotopic (exact) mass is 359 g/mol. The molecule has 0 saturated heterocycles. The second kappa shape index (κ2) is 8.04. The fourth-order valence-corrected chi connectivity index (χ4v) is 4.19. The third kappa shape index (κ3) is 4.24. The number of carbonyl (C=O) groups excluding carboxylic acids is 1. The Kier molecular flexibility index (Phi) is 5.78. The Balaban J connectivity index is 1.66. The molecule has 1 aliphatic rings. The van der Waals surface area contributed by atoms with E-state index < -0.39 is 0 Å². The van der Waals surface area contributed by atoms with Crippen LogP contribution < -0.4 is 10.9 Å². The Morgan fingerprint density at radius 3 is 2.80 bits per heavy atom. The second-order valence-electron chi connectivity index (χ2n) is 6.78. The summed E-state index contributed by atoms with van der Waals surface area (Å²) in [6.07, 6.45) is 6.28. The molecule has 1 fully saturated rings. The van der Waals surface area contributed by atoms with Gasteiger partial charge in [0.05, 0.1) is 16.2 Å². The van der Waals surface area contributed by atoms with E-state index in [2.05, 4.69) is 10.3 Å². The van der Waals surface area contributed by atoms with Crippen LogP contribution in [0.1, 0.15) is 39.0 Å². The summed E-state index contributed by atoms with van der Waals surface area (Å²) < 4.78 is 1.53. The van der Waals surface area contributed by atoms with Gasteiger partial charge in [-0.25, -0.2) is 4.98 Å². The minimum absolute atomic E-state index is 0.0120. The van der Waals surface area contributed by atoms with E-state index in [1.165, 1.54) is 48.4 Å². The number of nitrogens with one attached hydrogen (secondary N) is 1. The van der Waals surface area contributed by atoms with Crippen molar-refractivity contribution in [2.24, 2.45) is 13.0 Å². The highest BCUT2D eigenvalue weighted by Crippen LogP contribution is 2.24. The molecule has 0 unspecified atom stereocenters. The molecule has 1 atom stereocenters. The van der Waals surface area contributed by atoms with Crippen molar-refractivity contribution in [2.75, 3.05) is 6.54 Å². The number of hydrogen-bond acceptors (Lipinski definition) is 4. The first-order chi connectivity index (χ1) is 12.1. The first-order valence-electron chi connectivity index (χ1n) is 8.96. The summed E-state index contributed by atoms with van der Waals surface area (Å²) in [6, 6.07) is 7.30. The molecule has 2 aromatic rings. The Bertz CT molecular complexity index is 812. The summed E-state index contributed by atoms with van der Waals surface area (Å²) in [5.74, 6) is 0.621. The van der Waals surface area contributed by atoms with E-state index in [0.29, 0.717) is 22.0 Å². The minimum Gasteiger partial charge on any atom is -0.355 e. The van der Waals surface area contributed by atoms with E-state index in [0.717, 1.165) is 6.54 Å². The zero-order valence-corrected chi connectivity index (χ0v) is 15.6. The number of nitrogens with zero attached hydrogens (tertiary/aromatic N) is 2. The van der Waals surface area contributed by atoms with E-state index in [4.69, 9.17) is 0 Å². The molecule has 1 aromatic carbocycles. The minimum atomic E-state index is -0.289. The summed E-state index contributed by atoms with van der Waals surface area (Å²) in [5.41, 5.74) is 0.589. The molecular weight excluding hydrogens is 334 g/mol. The van der Waals surface area contributed by atoms with Gasteiger partial charge in [-0.05, 0) is 37.8 Å². The molecular formula is C19H25N3O2S. The smallest absolute Gasteiger partial charge is 0.261 e. The van der Waals surface area contributed by atoms with Crippen LogP contribution in [0.15, 0.2) is 34.2 Å². The third-order valence-electron chi connectivity index (χ3n) is 4.88. The van der Waals surface area contributed by atoms with Crippen LogP contribution in [0, 0.1) is 5.92 Å². The van der Waals surface area contributed by atoms with Crippen LogP contribution >= 0.6 is 11.8 Å². The average molecular weight is 359 g/mol. The maximum absolute atomic E-state index is 12.4. The van der Waals surface area contributed by atoms with Gasteiger partial charge in [-0.2, -0.15) is 0 Å². The molecule has 1 aliphatic carbocycles. The number of thioether (sulfide) groups is 1. The third-order valence-corrected chi connectivity index (χ3v) is 6.03. The van der Waals surface area contributed by atoms with Crippen LogP contribution in [0.2, 0.25) is 0 Å². The van der Waals surface area contributed by atoms with Gasteiger partial charge in [0, 0.05) is 13.6 Å². The Morgan fingerprint density at radius 2 is 2.04 bits per heavy atom. The highest BCUT2D eigenvalue weighted by molar-refractivity contribution is 8.00. The molecule has 1 N–H and O–H groups in total. The topological polar surface area (TPSA) is 64.0 Å². The summed E-state index contributed by atoms with van der Waals surface area (Å²) in [7, 11) is 1.71. The number of para-hydroxylation sites is 1. The molecule has 6 heteroatoms. The van der Waals surface area contributed by atoms with E-state index >= 15 is 0 Å². The van der Waals surface area contributed by atoms with Gasteiger partial charge in [-0.15, -0.1) is 0 Å². The van der Waals surface area contributed by atoms with Gasteiger partial charge >= 0.3 is 0 Å². The van der Waals surface area contributed by atoms with Crippen molar-refractivity contribution in [3.05, 3.63) is 34.6 Å². The van der Waals surface area contributed by atoms with Crippen LogP contribution in [-0.2, 0) is 11.8 Å². The molecule has 25 heavy (non-hydrogen) atoms. The molecule has 1 amide bonds. The number of amides is 1. The first kappa shape index (κ1) is 18.0. The highest BCUT2D eigenvalue weighted by Gasteiger charge is 2.20. The van der Waals surface area contributed by atoms with E-state index in [-0.39, 0.29) is 16.7 Å². The number of hydrogen-bond donors (Lipinski definition) is 1. The predicted octanol–water partition coefficient (Wildman–Crippen LogP) is 3.11. The molecule has 0 bridgehead atoms. The van der Waals surface area contributed by atoms with Gasteiger partial charge in [0.25, 0.3) is 5.56 Å². The number of rotatable bonds is 5. The molecule has 1 aromatic heterocycles. The summed E-state index contributed by atoms with van der Waals surface area (Å²) in [4.78, 5) is 29.4. The Hall–Kier alpha value is -1.82. The van der Waals surface area contributed by atoms with Crippen molar-refractivity contribution in [3.8, 4) is 0 Å². The fraction of sp³-hybridized carbons (Fsp3) is 0.526. The summed E-state index contributed by atoms with van der Waals surface area (Å²) in [6.45, 7) is 2.62. The van der Waals surface area contributed by atoms with Crippen LogP contribution in [-0.4, -0.2) is 27.3 Å². The molecule has 5 nitrogen and oxygen atoms in total. The SMILES string of the molecule is C[C@@H](Sc1nc2ccccc2c(=O)n1C)C(=O)NCC1CCCCC1. The van der Waals surface area contributed by atoms with Crippen molar-refractivity contribution in [3.63, 3.8) is 0 Å². The van der Waals surface area contributed by atoms with Crippen molar-refractivity contribution < 1.29 is 4.79 Å². The number of benzene rings is 1. The van der Waals surface area contributed by atoms with Gasteiger partial charge in [-0.1, -0.05) is 43.2 Å². The number of aromatic nitrogens is 2. The van der Waals surface area contributed by atoms with Crippen LogP contribution in [0.3, 0.4) is 0 Å². The lowest BCUT2D eigenvalue weighted by Gasteiger charge is -2.22. The molecule has 3 rings (SSSR count). The largest absolute Gasteiger partial charge is 0.355 e. The lowest BCUT2D eigenvalue weighted by molar-refractivity contribution is -0.120. The summed E-state index contributed by atoms with van der Waals surface area (Å²) in [5, 5.41) is 3.95. The molecule has 1 saturated carbocycles. The Morgan fingerprint density at radius 1 is 1.32 bits per heavy atom. The van der Waals surface area contributed by atoms with Crippen LogP contribution in [0.5, 0.6) is 0 Å². The van der Waals surface area contributed by atoms with Gasteiger partial charge in [0.15, 0.2) is 5.16 Å². The molecule has 0 aliphatic heterocycles. The van der Waals surface area contributed by atoms with Gasteiger partial charge in [0.1, 0.15) is 0 Å². The first-order valence-corrected chi connectivity index (χ1v) is 9.84. The molecule has 134 valence electrons. The van der Waals surface area contributed by atoms with Crippen molar-refractivity contribution >= 4 is 28.6 Å². The van der Waals surface area contributed by atoms with E-state index in [9.17, 15) is 9.59 Å².